The number of urea groups is 1. The second kappa shape index (κ2) is 18.0. The lowest BCUT2D eigenvalue weighted by molar-refractivity contribution is -0.123. The molecule has 4 aromatic rings. The molecule has 0 saturated carbocycles. The first-order valence-electron chi connectivity index (χ1n) is 19.5. The van der Waals surface area contributed by atoms with E-state index in [1.807, 2.05) is 6.92 Å². The Morgan fingerprint density at radius 2 is 1.69 bits per heavy atom. The number of amidine groups is 1. The molecule has 0 bridgehead atoms. The first kappa shape index (κ1) is 46.9. The van der Waals surface area contributed by atoms with Crippen molar-refractivity contribution in [2.75, 3.05) is 35.7 Å². The number of phosphoric ester groups is 2. The van der Waals surface area contributed by atoms with Crippen LogP contribution in [0.25, 0.3) is 11.2 Å². The van der Waals surface area contributed by atoms with Gasteiger partial charge in [0.05, 0.1) is 37.5 Å². The van der Waals surface area contributed by atoms with Gasteiger partial charge in [0.25, 0.3) is 5.91 Å². The molecule has 64 heavy (non-hydrogen) atoms. The van der Waals surface area contributed by atoms with Crippen LogP contribution < -0.4 is 21.3 Å². The molecule has 0 spiro atoms. The molecule has 11 atom stereocenters. The third-order valence-electron chi connectivity index (χ3n) is 11.0. The molecule has 5 heterocycles. The summed E-state index contributed by atoms with van der Waals surface area (Å²) in [5, 5.41) is 68.6. The third kappa shape index (κ3) is 9.21. The second-order valence-electron chi connectivity index (χ2n) is 15.5. The molecule has 0 radical (unpaired) electrons. The topological polar surface area (TPSA) is 380 Å². The van der Waals surface area contributed by atoms with Gasteiger partial charge in [-0.1, -0.05) is 30.3 Å². The molecule has 2 aromatic carbocycles. The van der Waals surface area contributed by atoms with E-state index in [1.54, 1.807) is 56.3 Å². The van der Waals surface area contributed by atoms with Crippen molar-refractivity contribution in [2.24, 2.45) is 4.99 Å². The van der Waals surface area contributed by atoms with Crippen LogP contribution in [0.2, 0.25) is 0 Å². The number of imide groups is 1. The number of rotatable bonds is 17. The Kier molecular flexibility index (Phi) is 13.2. The van der Waals surface area contributed by atoms with Crippen LogP contribution in [-0.2, 0) is 32.0 Å². The number of aliphatic hydroxyl groups excluding tert-OH is 5. The zero-order valence-electron chi connectivity index (χ0n) is 34.2. The fourth-order valence-corrected chi connectivity index (χ4v) is 9.86. The van der Waals surface area contributed by atoms with Gasteiger partial charge in [0.2, 0.25) is 0 Å². The zero-order valence-corrected chi connectivity index (χ0v) is 36.0. The summed E-state index contributed by atoms with van der Waals surface area (Å²) in [4.78, 5) is 65.2. The van der Waals surface area contributed by atoms with E-state index in [-0.39, 0.29) is 34.9 Å². The van der Waals surface area contributed by atoms with E-state index in [0.717, 1.165) is 17.5 Å². The number of nitrogen functional groups attached to an aromatic ring is 1. The monoisotopic (exact) mass is 932 g/mol. The number of nitrogens with two attached hydrogens (primary N) is 1. The van der Waals surface area contributed by atoms with Crippen molar-refractivity contribution < 1.29 is 72.1 Å². The smallest absolute Gasteiger partial charge is 0.388 e. The van der Waals surface area contributed by atoms with Gasteiger partial charge in [-0.05, 0) is 56.0 Å². The predicted octanol–water partition coefficient (Wildman–Crippen LogP) is 0.511. The van der Waals surface area contributed by atoms with E-state index in [4.69, 9.17) is 20.4 Å². The number of nitrogens with zero attached hydrogens (tertiary/aromatic N) is 6. The number of ether oxygens (including phenoxy) is 1. The van der Waals surface area contributed by atoms with E-state index < -0.39 is 102 Å². The maximum atomic E-state index is 14.2. The number of aromatic nitrogens is 4. The Morgan fingerprint density at radius 3 is 2.39 bits per heavy atom. The van der Waals surface area contributed by atoms with Crippen LogP contribution in [-0.4, -0.2) is 140 Å². The second-order valence-corrected chi connectivity index (χ2v) is 18.5. The molecule has 1 saturated heterocycles. The van der Waals surface area contributed by atoms with Gasteiger partial charge in [-0.2, -0.15) is 9.30 Å². The molecule has 0 aliphatic carbocycles. The minimum atomic E-state index is -5.61. The minimum Gasteiger partial charge on any atom is -0.388 e. The number of hydrogen-bond donors (Lipinski definition) is 11. The maximum Gasteiger partial charge on any atom is 0.481 e. The summed E-state index contributed by atoms with van der Waals surface area (Å²) in [6.07, 6.45) is -10.2. The summed E-state index contributed by atoms with van der Waals surface area (Å²) in [5.41, 5.74) is 7.26. The molecule has 2 aromatic heterocycles. The number of aliphatic hydroxyl groups is 5. The number of anilines is 3. The number of phosphoric acid groups is 2. The fraction of sp³-hybridized carbons (Fsp3) is 0.432. The van der Waals surface area contributed by atoms with E-state index >= 15 is 0 Å². The van der Waals surface area contributed by atoms with Crippen LogP contribution in [0.1, 0.15) is 42.2 Å². The maximum absolute atomic E-state index is 14.2. The van der Waals surface area contributed by atoms with Gasteiger partial charge >= 0.3 is 21.7 Å². The molecule has 3 aliphatic rings. The largest absolute Gasteiger partial charge is 0.481 e. The summed E-state index contributed by atoms with van der Waals surface area (Å²) >= 11 is 0. The first-order valence-corrected chi connectivity index (χ1v) is 22.5. The van der Waals surface area contributed by atoms with Crippen molar-refractivity contribution in [2.45, 2.75) is 81.5 Å². The number of aryl methyl sites for hydroxylation is 2. The van der Waals surface area contributed by atoms with Gasteiger partial charge < -0.3 is 61.4 Å². The Labute approximate surface area is 363 Å². The van der Waals surface area contributed by atoms with Crippen molar-refractivity contribution in [3.8, 4) is 0 Å². The van der Waals surface area contributed by atoms with Gasteiger partial charge in [0.15, 0.2) is 29.1 Å². The molecule has 12 N–H and O–H groups in total. The number of benzene rings is 2. The summed E-state index contributed by atoms with van der Waals surface area (Å²) in [5.74, 6) is -1.83. The van der Waals surface area contributed by atoms with Gasteiger partial charge in [-0.3, -0.25) is 23.7 Å². The highest BCUT2D eigenvalue weighted by molar-refractivity contribution is 7.61. The summed E-state index contributed by atoms with van der Waals surface area (Å²) < 4.78 is 46.2. The quantitative estimate of drug-likeness (QED) is 0.0507. The van der Waals surface area contributed by atoms with Crippen LogP contribution in [0.15, 0.2) is 60.1 Å². The average molecular weight is 933 g/mol. The summed E-state index contributed by atoms with van der Waals surface area (Å²) in [6.45, 7) is 2.29. The Bertz CT molecular complexity index is 2590. The number of hydrogen-bond acceptors (Lipinski definition) is 20. The van der Waals surface area contributed by atoms with Crippen LogP contribution in [0.4, 0.5) is 22.0 Å². The van der Waals surface area contributed by atoms with Crippen molar-refractivity contribution in [1.29, 1.82) is 5.41 Å². The average Bonchev–Trinajstić information content (AvgIpc) is 3.79. The molecular weight excluding hydrogens is 886 g/mol. The lowest BCUT2D eigenvalue weighted by atomic mass is 9.72. The molecule has 3 aliphatic heterocycles. The highest BCUT2D eigenvalue weighted by atomic mass is 31.3. The fourth-order valence-electron chi connectivity index (χ4n) is 7.76. The van der Waals surface area contributed by atoms with E-state index in [0.29, 0.717) is 16.9 Å². The Hall–Kier alpha value is -5.11. The zero-order chi connectivity index (χ0) is 46.5. The number of fused-ring (bicyclic) bond motifs is 3. The molecular formula is C37H46N10O15P2. The molecule has 27 heteroatoms. The number of nitrogens with one attached hydrogen (secondary N) is 3. The number of β-amino-alcohol motifs (C(OH)–C–C–N with tert-alkyl or cyclic N) is 1. The normalized spacial score (nSPS) is 25.8. The third-order valence-corrected chi connectivity index (χ3v) is 13.6. The lowest BCUT2D eigenvalue weighted by Crippen LogP contribution is -2.71. The van der Waals surface area contributed by atoms with Gasteiger partial charge in [0, 0.05) is 11.6 Å². The van der Waals surface area contributed by atoms with Crippen LogP contribution in [0, 0.1) is 19.3 Å². The summed E-state index contributed by atoms with van der Waals surface area (Å²) in [7, 11) is -11.1. The number of carbonyl (C=O) groups is 2. The first-order chi connectivity index (χ1) is 30.1. The Morgan fingerprint density at radius 1 is 1.00 bits per heavy atom. The number of amides is 3. The van der Waals surface area contributed by atoms with Crippen molar-refractivity contribution in [1.82, 2.24) is 24.8 Å². The molecule has 2 unspecified atom stereocenters. The van der Waals surface area contributed by atoms with Crippen LogP contribution in [0.5, 0.6) is 0 Å². The predicted molar refractivity (Wildman–Crippen MR) is 224 cm³/mol. The minimum absolute atomic E-state index is 0.0121. The lowest BCUT2D eigenvalue weighted by Gasteiger charge is -2.50. The Balaban J connectivity index is 1.03. The van der Waals surface area contributed by atoms with E-state index in [1.165, 1.54) is 15.8 Å². The van der Waals surface area contributed by atoms with E-state index in [2.05, 4.69) is 39.4 Å². The number of carbonyl (C=O) groups excluding carboxylic acids is 2. The molecule has 7 rings (SSSR count). The van der Waals surface area contributed by atoms with Crippen molar-refractivity contribution in [3.05, 3.63) is 71.8 Å². The van der Waals surface area contributed by atoms with E-state index in [9.17, 15) is 54.0 Å². The van der Waals surface area contributed by atoms with Crippen molar-refractivity contribution >= 4 is 67.5 Å². The van der Waals surface area contributed by atoms with Gasteiger partial charge in [-0.15, -0.1) is 0 Å². The van der Waals surface area contributed by atoms with Crippen molar-refractivity contribution in [3.63, 3.8) is 0 Å². The van der Waals surface area contributed by atoms with Gasteiger partial charge in [0.1, 0.15) is 48.5 Å². The van der Waals surface area contributed by atoms with Gasteiger partial charge in [-0.25, -0.2) is 28.9 Å². The molecule has 1 fully saturated rings. The summed E-state index contributed by atoms with van der Waals surface area (Å²) in [6, 6.07) is 11.2. The standard InChI is InChI=1S/C37H46N10O15P2/c1-17-9-22-23(10-18(17)2)46(34-37(45-22,35(53)44-36(54)43-34)21(11-19(3)38)20-7-5-4-6-8-20)12-24(48)28(50)25(49)13-59-63(55,56)62-64(57,58)60-14-26-29(51)30(52)33(61-26)47-16-42-27-31(39)40-15-41-32(27)47/h4-10,15-16,21,24-26,28-30,33,38,45,48-52H,11-14H2,1-3H3,(H,55,56)(H,57,58)(H2,39,40,41)(H,44,53,54)/t21-,24-,25+,26+,28-,29+,30+,33+,37-/m0/s1. The molecule has 25 nitrogen and oxygen atoms in total. The van der Waals surface area contributed by atoms with Crippen LogP contribution >= 0.6 is 15.6 Å². The van der Waals surface area contributed by atoms with Crippen LogP contribution in [0.3, 0.4) is 0 Å². The molecule has 344 valence electrons. The number of imidazole rings is 1. The SMILES string of the molecule is CC(=N)C[C@@H](c1ccccc1)[C@]12Nc3cc(C)c(C)cc3N(C[C@H](O)[C@H](O)[C@H](O)COP(=O)(O)OP(=O)(O)OC[C@H]3O[C@@H](n4cnc5c(N)ncnc54)[C@H](O)[C@@H]3O)C1=NC(=O)NC2=O. The highest BCUT2D eigenvalue weighted by Crippen LogP contribution is 2.60. The molecule has 3 amide bonds. The number of aliphatic imine (C=N–C) groups is 1. The highest BCUT2D eigenvalue weighted by Gasteiger charge is 2.58.